The Morgan fingerprint density at radius 3 is 1.35 bits per heavy atom. The molecule has 2 aromatic heterocycles. The fourth-order valence-electron chi connectivity index (χ4n) is 4.47. The van der Waals surface area contributed by atoms with Crippen LogP contribution in [0, 0.1) is 0 Å². The SMILES string of the molecule is ON=C(c1ccc(OCc2nccc(-c3ccccc3)n2)cc1)c1ccc(OCc2nccc(-c3ccccc3)n2)cc1. The molecular formula is C35H27N5O3. The molecular weight excluding hydrogens is 538 g/mol. The molecule has 6 rings (SSSR count). The number of aromatic nitrogens is 4. The van der Waals surface area contributed by atoms with Gasteiger partial charge in [0.25, 0.3) is 0 Å². The molecule has 6 aromatic rings. The van der Waals surface area contributed by atoms with Gasteiger partial charge in [0.1, 0.15) is 30.4 Å². The smallest absolute Gasteiger partial charge is 0.166 e. The summed E-state index contributed by atoms with van der Waals surface area (Å²) in [5.41, 5.74) is 5.62. The summed E-state index contributed by atoms with van der Waals surface area (Å²) in [6, 6.07) is 38.3. The zero-order valence-electron chi connectivity index (χ0n) is 23.1. The van der Waals surface area contributed by atoms with Gasteiger partial charge in [-0.25, -0.2) is 19.9 Å². The van der Waals surface area contributed by atoms with E-state index in [0.29, 0.717) is 28.9 Å². The largest absolute Gasteiger partial charge is 0.486 e. The molecule has 0 atom stereocenters. The van der Waals surface area contributed by atoms with E-state index in [1.54, 1.807) is 12.4 Å². The van der Waals surface area contributed by atoms with E-state index in [4.69, 9.17) is 9.47 Å². The van der Waals surface area contributed by atoms with E-state index in [0.717, 1.165) is 33.6 Å². The number of benzene rings is 4. The minimum Gasteiger partial charge on any atom is -0.486 e. The van der Waals surface area contributed by atoms with E-state index in [9.17, 15) is 5.21 Å². The van der Waals surface area contributed by atoms with Crippen LogP contribution < -0.4 is 9.47 Å². The normalized spacial score (nSPS) is 10.6. The maximum atomic E-state index is 9.81. The summed E-state index contributed by atoms with van der Waals surface area (Å²) in [5.74, 6) is 2.47. The van der Waals surface area contributed by atoms with E-state index in [2.05, 4.69) is 25.1 Å². The van der Waals surface area contributed by atoms with E-state index in [1.807, 2.05) is 121 Å². The molecule has 0 fully saturated rings. The summed E-state index contributed by atoms with van der Waals surface area (Å²) in [7, 11) is 0. The molecule has 0 unspecified atom stereocenters. The molecule has 1 N–H and O–H groups in total. The lowest BCUT2D eigenvalue weighted by Gasteiger charge is -2.10. The van der Waals surface area contributed by atoms with Crippen molar-refractivity contribution in [3.63, 3.8) is 0 Å². The average Bonchev–Trinajstić information content (AvgIpc) is 3.09. The van der Waals surface area contributed by atoms with Crippen molar-refractivity contribution < 1.29 is 14.7 Å². The lowest BCUT2D eigenvalue weighted by atomic mass is 10.0. The molecule has 0 bridgehead atoms. The van der Waals surface area contributed by atoms with Gasteiger partial charge in [-0.05, 0) is 60.7 Å². The van der Waals surface area contributed by atoms with Crippen LogP contribution in [0.25, 0.3) is 22.5 Å². The van der Waals surface area contributed by atoms with Crippen LogP contribution in [0.3, 0.4) is 0 Å². The Balaban J connectivity index is 1.06. The summed E-state index contributed by atoms with van der Waals surface area (Å²) >= 11 is 0. The molecule has 0 saturated heterocycles. The molecule has 0 aliphatic carbocycles. The van der Waals surface area contributed by atoms with E-state index in [-0.39, 0.29) is 13.2 Å². The minimum atomic E-state index is 0.226. The third-order valence-electron chi connectivity index (χ3n) is 6.64. The van der Waals surface area contributed by atoms with Crippen LogP contribution >= 0.6 is 0 Å². The molecule has 0 radical (unpaired) electrons. The van der Waals surface area contributed by atoms with Crippen molar-refractivity contribution >= 4 is 5.71 Å². The van der Waals surface area contributed by atoms with Crippen LogP contribution in [0.2, 0.25) is 0 Å². The Morgan fingerprint density at radius 1 is 0.535 bits per heavy atom. The van der Waals surface area contributed by atoms with Crippen LogP contribution in [0.5, 0.6) is 11.5 Å². The monoisotopic (exact) mass is 565 g/mol. The molecule has 43 heavy (non-hydrogen) atoms. The first kappa shape index (κ1) is 27.3. The number of ether oxygens (including phenoxy) is 2. The first-order valence-electron chi connectivity index (χ1n) is 13.7. The molecule has 2 heterocycles. The number of nitrogens with zero attached hydrogens (tertiary/aromatic N) is 5. The zero-order valence-corrected chi connectivity index (χ0v) is 23.1. The van der Waals surface area contributed by atoms with Crippen LogP contribution in [-0.2, 0) is 13.2 Å². The van der Waals surface area contributed by atoms with Crippen LogP contribution in [0.1, 0.15) is 22.8 Å². The second-order valence-electron chi connectivity index (χ2n) is 9.52. The van der Waals surface area contributed by atoms with Gasteiger partial charge in [-0.3, -0.25) is 0 Å². The standard InChI is InChI=1S/C35H27N5O3/c41-40-35(27-11-15-29(16-12-27)42-23-33-36-21-19-31(38-33)25-7-3-1-4-8-25)28-13-17-30(18-14-28)43-24-34-37-22-20-32(39-34)26-9-5-2-6-10-26/h1-22,41H,23-24H2. The average molecular weight is 566 g/mol. The van der Waals surface area contributed by atoms with Gasteiger partial charge in [0.05, 0.1) is 11.4 Å². The maximum absolute atomic E-state index is 9.81. The number of hydrogen-bond acceptors (Lipinski definition) is 8. The summed E-state index contributed by atoms with van der Waals surface area (Å²) in [4.78, 5) is 17.9. The van der Waals surface area contributed by atoms with Crippen molar-refractivity contribution in [2.24, 2.45) is 5.16 Å². The lowest BCUT2D eigenvalue weighted by Crippen LogP contribution is -2.05. The molecule has 0 aliphatic heterocycles. The van der Waals surface area contributed by atoms with Crippen molar-refractivity contribution in [1.29, 1.82) is 0 Å². The van der Waals surface area contributed by atoms with Gasteiger partial charge in [0, 0.05) is 34.6 Å². The number of hydrogen-bond donors (Lipinski definition) is 1. The second-order valence-corrected chi connectivity index (χ2v) is 9.52. The molecule has 4 aromatic carbocycles. The molecule has 0 aliphatic rings. The predicted molar refractivity (Wildman–Crippen MR) is 164 cm³/mol. The second kappa shape index (κ2) is 13.2. The Hall–Kier alpha value is -5.89. The Kier molecular flexibility index (Phi) is 8.37. The molecule has 0 saturated carbocycles. The number of oxime groups is 1. The van der Waals surface area contributed by atoms with Crippen LogP contribution in [0.15, 0.2) is 139 Å². The van der Waals surface area contributed by atoms with Gasteiger partial charge in [-0.15, -0.1) is 0 Å². The molecule has 0 amide bonds. The summed E-state index contributed by atoms with van der Waals surface area (Å²) < 4.78 is 11.8. The quantitative estimate of drug-likeness (QED) is 0.109. The fourth-order valence-corrected chi connectivity index (χ4v) is 4.47. The maximum Gasteiger partial charge on any atom is 0.166 e. The highest BCUT2D eigenvalue weighted by Crippen LogP contribution is 2.21. The third kappa shape index (κ3) is 6.89. The predicted octanol–water partition coefficient (Wildman–Crippen LogP) is 6.99. The van der Waals surface area contributed by atoms with Gasteiger partial charge < -0.3 is 14.7 Å². The van der Waals surface area contributed by atoms with Gasteiger partial charge in [-0.1, -0.05) is 65.8 Å². The first-order chi connectivity index (χ1) is 21.2. The van der Waals surface area contributed by atoms with Crippen molar-refractivity contribution in [3.8, 4) is 34.0 Å². The van der Waals surface area contributed by atoms with E-state index in [1.165, 1.54) is 0 Å². The molecule has 210 valence electrons. The van der Waals surface area contributed by atoms with Crippen molar-refractivity contribution in [1.82, 2.24) is 19.9 Å². The zero-order chi connectivity index (χ0) is 29.3. The Bertz CT molecular complexity index is 1680. The topological polar surface area (TPSA) is 103 Å². The first-order valence-corrected chi connectivity index (χ1v) is 13.7. The van der Waals surface area contributed by atoms with Crippen molar-refractivity contribution in [2.75, 3.05) is 0 Å². The molecule has 8 nitrogen and oxygen atoms in total. The highest BCUT2D eigenvalue weighted by atomic mass is 16.5. The van der Waals surface area contributed by atoms with E-state index >= 15 is 0 Å². The van der Waals surface area contributed by atoms with Crippen molar-refractivity contribution in [2.45, 2.75) is 13.2 Å². The van der Waals surface area contributed by atoms with E-state index < -0.39 is 0 Å². The van der Waals surface area contributed by atoms with Gasteiger partial charge >= 0.3 is 0 Å². The van der Waals surface area contributed by atoms with Gasteiger partial charge in [0.15, 0.2) is 11.6 Å². The summed E-state index contributed by atoms with van der Waals surface area (Å²) in [6.45, 7) is 0.452. The highest BCUT2D eigenvalue weighted by Gasteiger charge is 2.10. The molecule has 0 spiro atoms. The minimum absolute atomic E-state index is 0.226. The van der Waals surface area contributed by atoms with Gasteiger partial charge in [0.2, 0.25) is 0 Å². The Labute approximate surface area is 249 Å². The van der Waals surface area contributed by atoms with Crippen LogP contribution in [-0.4, -0.2) is 30.9 Å². The lowest BCUT2D eigenvalue weighted by molar-refractivity contribution is 0.296. The summed E-state index contributed by atoms with van der Waals surface area (Å²) in [5, 5.41) is 13.4. The van der Waals surface area contributed by atoms with Crippen molar-refractivity contribution in [3.05, 3.63) is 156 Å². The Morgan fingerprint density at radius 2 is 0.953 bits per heavy atom. The van der Waals surface area contributed by atoms with Crippen LogP contribution in [0.4, 0.5) is 0 Å². The highest BCUT2D eigenvalue weighted by molar-refractivity contribution is 6.12. The summed E-state index contributed by atoms with van der Waals surface area (Å²) in [6.07, 6.45) is 3.46. The third-order valence-corrected chi connectivity index (χ3v) is 6.64. The van der Waals surface area contributed by atoms with Gasteiger partial charge in [-0.2, -0.15) is 0 Å². The molecule has 8 heteroatoms. The fraction of sp³-hybridized carbons (Fsp3) is 0.0571. The number of rotatable bonds is 10.